The summed E-state index contributed by atoms with van der Waals surface area (Å²) in [6, 6.07) is 8.00. The second-order valence-corrected chi connectivity index (χ2v) is 5.11. The second kappa shape index (κ2) is 6.03. The van der Waals surface area contributed by atoms with E-state index in [2.05, 4.69) is 0 Å². The van der Waals surface area contributed by atoms with Crippen LogP contribution in [0.3, 0.4) is 0 Å². The van der Waals surface area contributed by atoms with Crippen molar-refractivity contribution in [1.29, 1.82) is 0 Å². The van der Waals surface area contributed by atoms with Gasteiger partial charge in [-0.3, -0.25) is 0 Å². The van der Waals surface area contributed by atoms with Gasteiger partial charge in [0, 0.05) is 16.6 Å². The van der Waals surface area contributed by atoms with E-state index in [0.717, 1.165) is 12.1 Å². The Morgan fingerprint density at radius 3 is 2.24 bits per heavy atom. The predicted octanol–water partition coefficient (Wildman–Crippen LogP) is 4.74. The van der Waals surface area contributed by atoms with Gasteiger partial charge >= 0.3 is 6.18 Å². The molecule has 6 heteroatoms. The number of alkyl halides is 3. The first kappa shape index (κ1) is 15.8. The van der Waals surface area contributed by atoms with Gasteiger partial charge in [-0.25, -0.2) is 4.39 Å². The predicted molar refractivity (Wildman–Crippen MR) is 73.5 cm³/mol. The Morgan fingerprint density at radius 1 is 1.05 bits per heavy atom. The van der Waals surface area contributed by atoms with Gasteiger partial charge in [-0.1, -0.05) is 23.7 Å². The summed E-state index contributed by atoms with van der Waals surface area (Å²) in [4.78, 5) is 0. The maximum atomic E-state index is 13.7. The van der Waals surface area contributed by atoms with Crippen LogP contribution in [0.4, 0.5) is 17.6 Å². The summed E-state index contributed by atoms with van der Waals surface area (Å²) in [7, 11) is 0. The van der Waals surface area contributed by atoms with Crippen LogP contribution in [0.25, 0.3) is 0 Å². The topological polar surface area (TPSA) is 26.0 Å². The fraction of sp³-hybridized carbons (Fsp3) is 0.200. The van der Waals surface area contributed by atoms with Gasteiger partial charge in [0.1, 0.15) is 5.82 Å². The van der Waals surface area contributed by atoms with Crippen molar-refractivity contribution in [2.45, 2.75) is 18.6 Å². The third kappa shape index (κ3) is 3.95. The molecule has 0 aromatic heterocycles. The van der Waals surface area contributed by atoms with Gasteiger partial charge in [-0.05, 0) is 42.3 Å². The van der Waals surface area contributed by atoms with Crippen LogP contribution < -0.4 is 5.73 Å². The molecule has 0 radical (unpaired) electrons. The van der Waals surface area contributed by atoms with Gasteiger partial charge in [-0.2, -0.15) is 13.2 Å². The van der Waals surface area contributed by atoms with Crippen molar-refractivity contribution < 1.29 is 17.6 Å². The summed E-state index contributed by atoms with van der Waals surface area (Å²) >= 11 is 5.79. The number of halogens is 5. The molecule has 2 aromatic carbocycles. The van der Waals surface area contributed by atoms with E-state index in [9.17, 15) is 17.6 Å². The molecule has 21 heavy (non-hydrogen) atoms. The lowest BCUT2D eigenvalue weighted by Gasteiger charge is -2.14. The number of hydrogen-bond donors (Lipinski definition) is 1. The molecule has 0 saturated carbocycles. The zero-order valence-corrected chi connectivity index (χ0v) is 11.5. The molecular weight excluding hydrogens is 306 g/mol. The second-order valence-electron chi connectivity index (χ2n) is 4.67. The average molecular weight is 318 g/mol. The van der Waals surface area contributed by atoms with Crippen molar-refractivity contribution in [2.75, 3.05) is 0 Å². The number of hydrogen-bond acceptors (Lipinski definition) is 1. The highest BCUT2D eigenvalue weighted by Crippen LogP contribution is 2.30. The first-order valence-corrected chi connectivity index (χ1v) is 6.52. The lowest BCUT2D eigenvalue weighted by Crippen LogP contribution is -2.15. The van der Waals surface area contributed by atoms with Gasteiger partial charge in [0.15, 0.2) is 0 Å². The third-order valence-corrected chi connectivity index (χ3v) is 3.33. The average Bonchev–Trinajstić information content (AvgIpc) is 2.41. The van der Waals surface area contributed by atoms with Crippen LogP contribution in [0.15, 0.2) is 42.5 Å². The normalized spacial score (nSPS) is 13.2. The van der Waals surface area contributed by atoms with Crippen LogP contribution >= 0.6 is 11.6 Å². The van der Waals surface area contributed by atoms with Gasteiger partial charge in [-0.15, -0.1) is 0 Å². The maximum absolute atomic E-state index is 13.7. The van der Waals surface area contributed by atoms with E-state index >= 15 is 0 Å². The van der Waals surface area contributed by atoms with Gasteiger partial charge in [0.25, 0.3) is 0 Å². The third-order valence-electron chi connectivity index (χ3n) is 3.09. The Hall–Kier alpha value is -1.59. The van der Waals surface area contributed by atoms with Crippen molar-refractivity contribution in [1.82, 2.24) is 0 Å². The Bertz CT molecular complexity index is 623. The molecule has 1 unspecified atom stereocenters. The van der Waals surface area contributed by atoms with Crippen LogP contribution in [0.1, 0.15) is 22.7 Å². The molecule has 2 N–H and O–H groups in total. The highest BCUT2D eigenvalue weighted by atomic mass is 35.5. The number of rotatable bonds is 3. The Kier molecular flexibility index (Phi) is 4.54. The molecule has 0 amide bonds. The van der Waals surface area contributed by atoms with Gasteiger partial charge in [0.05, 0.1) is 5.56 Å². The summed E-state index contributed by atoms with van der Waals surface area (Å²) in [6.45, 7) is 0. The summed E-state index contributed by atoms with van der Waals surface area (Å²) in [5, 5.41) is 0.356. The van der Waals surface area contributed by atoms with Gasteiger partial charge < -0.3 is 5.73 Å². The van der Waals surface area contributed by atoms with E-state index in [1.165, 1.54) is 30.3 Å². The molecule has 0 aliphatic carbocycles. The zero-order chi connectivity index (χ0) is 15.6. The summed E-state index contributed by atoms with van der Waals surface area (Å²) < 4.78 is 51.0. The maximum Gasteiger partial charge on any atom is 0.416 e. The van der Waals surface area contributed by atoms with Crippen LogP contribution in [0.2, 0.25) is 5.02 Å². The number of benzene rings is 2. The molecule has 0 heterocycles. The summed E-state index contributed by atoms with van der Waals surface area (Å²) in [5.41, 5.74) is 6.00. The first-order chi connectivity index (χ1) is 9.77. The SMILES string of the molecule is NC(Cc1ccc(C(F)(F)F)cc1)c1cc(Cl)ccc1F. The van der Waals surface area contributed by atoms with E-state index in [4.69, 9.17) is 17.3 Å². The van der Waals surface area contributed by atoms with E-state index in [1.54, 1.807) is 0 Å². The van der Waals surface area contributed by atoms with Gasteiger partial charge in [0.2, 0.25) is 0 Å². The lowest BCUT2D eigenvalue weighted by atomic mass is 9.98. The Balaban J connectivity index is 2.16. The quantitative estimate of drug-likeness (QED) is 0.813. The standard InChI is InChI=1S/C15H12ClF4N/c16-11-5-6-13(17)12(8-11)14(21)7-9-1-3-10(4-2-9)15(18,19)20/h1-6,8,14H,7,21H2. The molecule has 0 bridgehead atoms. The first-order valence-electron chi connectivity index (χ1n) is 6.14. The molecular formula is C15H12ClF4N. The smallest absolute Gasteiger partial charge is 0.324 e. The minimum absolute atomic E-state index is 0.218. The van der Waals surface area contributed by atoms with Crippen LogP contribution in [0, 0.1) is 5.82 Å². The van der Waals surface area contributed by atoms with Crippen LogP contribution in [-0.4, -0.2) is 0 Å². The molecule has 0 saturated heterocycles. The molecule has 1 nitrogen and oxygen atoms in total. The molecule has 1 atom stereocenters. The Morgan fingerprint density at radius 2 is 1.67 bits per heavy atom. The molecule has 112 valence electrons. The van der Waals surface area contributed by atoms with E-state index < -0.39 is 23.6 Å². The summed E-state index contributed by atoms with van der Waals surface area (Å²) in [6.07, 6.45) is -4.16. The molecule has 0 aliphatic rings. The molecule has 0 spiro atoms. The Labute approximate surface area is 124 Å². The lowest BCUT2D eigenvalue weighted by molar-refractivity contribution is -0.137. The number of nitrogens with two attached hydrogens (primary N) is 1. The molecule has 2 aromatic rings. The fourth-order valence-electron chi connectivity index (χ4n) is 1.99. The highest BCUT2D eigenvalue weighted by Gasteiger charge is 2.30. The van der Waals surface area contributed by atoms with Crippen molar-refractivity contribution in [3.05, 3.63) is 70.0 Å². The van der Waals surface area contributed by atoms with Crippen molar-refractivity contribution in [3.8, 4) is 0 Å². The summed E-state index contributed by atoms with van der Waals surface area (Å²) in [5.74, 6) is -0.487. The zero-order valence-electron chi connectivity index (χ0n) is 10.8. The van der Waals surface area contributed by atoms with E-state index in [1.807, 2.05) is 0 Å². The highest BCUT2D eigenvalue weighted by molar-refractivity contribution is 6.30. The van der Waals surface area contributed by atoms with Crippen molar-refractivity contribution >= 4 is 11.6 Å². The van der Waals surface area contributed by atoms with Crippen molar-refractivity contribution in [2.24, 2.45) is 5.73 Å². The monoisotopic (exact) mass is 317 g/mol. The molecule has 0 aliphatic heterocycles. The largest absolute Gasteiger partial charge is 0.416 e. The van der Waals surface area contributed by atoms with E-state index in [0.29, 0.717) is 10.6 Å². The molecule has 2 rings (SSSR count). The minimum Gasteiger partial charge on any atom is -0.324 e. The molecule has 0 fully saturated rings. The minimum atomic E-state index is -4.38. The van der Waals surface area contributed by atoms with Crippen LogP contribution in [0.5, 0.6) is 0 Å². The fourth-order valence-corrected chi connectivity index (χ4v) is 2.17. The van der Waals surface area contributed by atoms with Crippen LogP contribution in [-0.2, 0) is 12.6 Å². The van der Waals surface area contributed by atoms with Crippen molar-refractivity contribution in [3.63, 3.8) is 0 Å². The van der Waals surface area contributed by atoms with E-state index in [-0.39, 0.29) is 12.0 Å².